The van der Waals surface area contributed by atoms with Crippen molar-refractivity contribution in [3.8, 4) is 5.69 Å². The van der Waals surface area contributed by atoms with Crippen LogP contribution in [-0.2, 0) is 6.42 Å². The van der Waals surface area contributed by atoms with Gasteiger partial charge in [-0.2, -0.15) is 15.1 Å². The smallest absolute Gasteiger partial charge is 0.226 e. The van der Waals surface area contributed by atoms with E-state index in [0.717, 1.165) is 28.8 Å². The molecule has 0 unspecified atom stereocenters. The first-order valence-corrected chi connectivity index (χ1v) is 10.8. The van der Waals surface area contributed by atoms with E-state index >= 15 is 0 Å². The van der Waals surface area contributed by atoms with Crippen LogP contribution in [0.4, 0.5) is 17.5 Å². The summed E-state index contributed by atoms with van der Waals surface area (Å²) in [6.07, 6.45) is 2.65. The molecule has 0 saturated heterocycles. The summed E-state index contributed by atoms with van der Waals surface area (Å²) in [7, 11) is 0. The van der Waals surface area contributed by atoms with E-state index < -0.39 is 0 Å². The minimum Gasteiger partial charge on any atom is -0.354 e. The van der Waals surface area contributed by atoms with Crippen molar-refractivity contribution in [2.75, 3.05) is 17.2 Å². The number of benzene rings is 3. The molecule has 158 valence electrons. The van der Waals surface area contributed by atoms with E-state index in [1.165, 1.54) is 5.56 Å². The molecule has 32 heavy (non-hydrogen) atoms. The van der Waals surface area contributed by atoms with E-state index in [4.69, 9.17) is 21.6 Å². The fourth-order valence-electron chi connectivity index (χ4n) is 3.51. The maximum atomic E-state index is 6.17. The Morgan fingerprint density at radius 2 is 1.62 bits per heavy atom. The highest BCUT2D eigenvalue weighted by Gasteiger charge is 2.14. The molecule has 0 bridgehead atoms. The number of hydrogen-bond acceptors (Lipinski definition) is 5. The summed E-state index contributed by atoms with van der Waals surface area (Å²) in [6, 6.07) is 27.8. The van der Waals surface area contributed by atoms with Gasteiger partial charge in [0.15, 0.2) is 5.65 Å². The molecule has 2 aromatic heterocycles. The fourth-order valence-corrected chi connectivity index (χ4v) is 3.70. The molecule has 6 nitrogen and oxygen atoms in total. The van der Waals surface area contributed by atoms with Gasteiger partial charge < -0.3 is 10.6 Å². The monoisotopic (exact) mass is 440 g/mol. The first kappa shape index (κ1) is 20.0. The normalized spacial score (nSPS) is 10.9. The van der Waals surface area contributed by atoms with Crippen LogP contribution in [0.25, 0.3) is 16.7 Å². The lowest BCUT2D eigenvalue weighted by Crippen LogP contribution is -2.10. The molecular formula is C25H21ClN6. The minimum absolute atomic E-state index is 0.538. The zero-order chi connectivity index (χ0) is 21.8. The van der Waals surface area contributed by atoms with Crippen molar-refractivity contribution >= 4 is 40.1 Å². The average molecular weight is 441 g/mol. The number of halogens is 1. The van der Waals surface area contributed by atoms with E-state index in [0.29, 0.717) is 23.3 Å². The fraction of sp³-hybridized carbons (Fsp3) is 0.0800. The molecule has 0 aliphatic heterocycles. The van der Waals surface area contributed by atoms with Gasteiger partial charge in [0.1, 0.15) is 5.82 Å². The summed E-state index contributed by atoms with van der Waals surface area (Å²) in [4.78, 5) is 9.51. The standard InChI is InChI=1S/C25H21ClN6/c26-19-10-7-11-20(16-19)29-23-22-17-28-32(21-12-5-2-6-13-21)24(22)31-25(30-23)27-15-14-18-8-3-1-4-9-18/h1-13,16-17H,14-15H2,(H2,27,29,30,31). The van der Waals surface area contributed by atoms with Gasteiger partial charge in [-0.05, 0) is 42.3 Å². The van der Waals surface area contributed by atoms with E-state index in [1.54, 1.807) is 6.20 Å². The number of hydrogen-bond donors (Lipinski definition) is 2. The lowest BCUT2D eigenvalue weighted by molar-refractivity contribution is 0.893. The van der Waals surface area contributed by atoms with Gasteiger partial charge in [0.2, 0.25) is 5.95 Å². The van der Waals surface area contributed by atoms with Crippen molar-refractivity contribution < 1.29 is 0 Å². The lowest BCUT2D eigenvalue weighted by atomic mass is 10.1. The van der Waals surface area contributed by atoms with Crippen molar-refractivity contribution in [2.24, 2.45) is 0 Å². The quantitative estimate of drug-likeness (QED) is 0.331. The molecule has 2 N–H and O–H groups in total. The summed E-state index contributed by atoms with van der Waals surface area (Å²) in [5.41, 5.74) is 3.76. The van der Waals surface area contributed by atoms with Crippen LogP contribution in [0, 0.1) is 0 Å². The molecule has 0 radical (unpaired) electrons. The average Bonchev–Trinajstić information content (AvgIpc) is 3.25. The second-order valence-corrected chi connectivity index (χ2v) is 7.76. The summed E-state index contributed by atoms with van der Waals surface area (Å²) in [5, 5.41) is 12.8. The predicted octanol–water partition coefficient (Wildman–Crippen LogP) is 5.87. The minimum atomic E-state index is 0.538. The number of para-hydroxylation sites is 1. The zero-order valence-electron chi connectivity index (χ0n) is 17.2. The molecule has 0 aliphatic carbocycles. The third-order valence-corrected chi connectivity index (χ3v) is 5.29. The third kappa shape index (κ3) is 4.40. The molecule has 0 atom stereocenters. The Morgan fingerprint density at radius 3 is 2.41 bits per heavy atom. The van der Waals surface area contributed by atoms with Crippen molar-refractivity contribution in [1.29, 1.82) is 0 Å². The Hall–Kier alpha value is -3.90. The SMILES string of the molecule is Clc1cccc(Nc2nc(NCCc3ccccc3)nc3c2cnn3-c2ccccc2)c1. The van der Waals surface area contributed by atoms with Gasteiger partial charge in [-0.3, -0.25) is 0 Å². The Bertz CT molecular complexity index is 1330. The van der Waals surface area contributed by atoms with Crippen LogP contribution in [0.15, 0.2) is 91.1 Å². The van der Waals surface area contributed by atoms with Gasteiger partial charge in [-0.25, -0.2) is 4.68 Å². The summed E-state index contributed by atoms with van der Waals surface area (Å²) in [5.74, 6) is 1.21. The van der Waals surface area contributed by atoms with Gasteiger partial charge >= 0.3 is 0 Å². The van der Waals surface area contributed by atoms with E-state index in [1.807, 2.05) is 77.5 Å². The number of fused-ring (bicyclic) bond motifs is 1. The van der Waals surface area contributed by atoms with Crippen molar-refractivity contribution in [3.05, 3.63) is 102 Å². The maximum absolute atomic E-state index is 6.17. The van der Waals surface area contributed by atoms with Crippen LogP contribution in [0.1, 0.15) is 5.56 Å². The van der Waals surface area contributed by atoms with Crippen molar-refractivity contribution in [3.63, 3.8) is 0 Å². The van der Waals surface area contributed by atoms with E-state index in [2.05, 4.69) is 27.9 Å². The molecule has 0 fully saturated rings. The second kappa shape index (κ2) is 9.08. The van der Waals surface area contributed by atoms with Crippen LogP contribution >= 0.6 is 11.6 Å². The molecule has 0 aliphatic rings. The zero-order valence-corrected chi connectivity index (χ0v) is 18.0. The molecule has 0 amide bonds. The molecule has 5 rings (SSSR count). The molecule has 0 spiro atoms. The van der Waals surface area contributed by atoms with Crippen LogP contribution < -0.4 is 10.6 Å². The van der Waals surface area contributed by atoms with E-state index in [-0.39, 0.29) is 0 Å². The van der Waals surface area contributed by atoms with Gasteiger partial charge in [-0.15, -0.1) is 0 Å². The van der Waals surface area contributed by atoms with Gasteiger partial charge in [0, 0.05) is 17.3 Å². The van der Waals surface area contributed by atoms with Crippen LogP contribution in [0.2, 0.25) is 5.02 Å². The van der Waals surface area contributed by atoms with Gasteiger partial charge in [-0.1, -0.05) is 66.2 Å². The highest BCUT2D eigenvalue weighted by molar-refractivity contribution is 6.30. The molecule has 3 aromatic carbocycles. The second-order valence-electron chi connectivity index (χ2n) is 7.32. The number of anilines is 3. The van der Waals surface area contributed by atoms with Gasteiger partial charge in [0.05, 0.1) is 17.3 Å². The number of rotatable bonds is 7. The van der Waals surface area contributed by atoms with E-state index in [9.17, 15) is 0 Å². The molecule has 2 heterocycles. The third-order valence-electron chi connectivity index (χ3n) is 5.06. The largest absolute Gasteiger partial charge is 0.354 e. The first-order chi connectivity index (χ1) is 15.8. The maximum Gasteiger partial charge on any atom is 0.226 e. The highest BCUT2D eigenvalue weighted by atomic mass is 35.5. The molecule has 7 heteroatoms. The Balaban J connectivity index is 1.50. The Labute approximate surface area is 190 Å². The number of nitrogens with one attached hydrogen (secondary N) is 2. The van der Waals surface area contributed by atoms with Crippen LogP contribution in [-0.4, -0.2) is 26.3 Å². The predicted molar refractivity (Wildman–Crippen MR) is 130 cm³/mol. The highest BCUT2D eigenvalue weighted by Crippen LogP contribution is 2.27. The first-order valence-electron chi connectivity index (χ1n) is 10.4. The Morgan fingerprint density at radius 1 is 0.844 bits per heavy atom. The number of aromatic nitrogens is 4. The molecular weight excluding hydrogens is 420 g/mol. The summed E-state index contributed by atoms with van der Waals surface area (Å²) in [6.45, 7) is 0.714. The van der Waals surface area contributed by atoms with Crippen molar-refractivity contribution in [1.82, 2.24) is 19.7 Å². The molecule has 5 aromatic rings. The number of nitrogens with zero attached hydrogens (tertiary/aromatic N) is 4. The van der Waals surface area contributed by atoms with Crippen molar-refractivity contribution in [2.45, 2.75) is 6.42 Å². The Kier molecular flexibility index (Phi) is 5.68. The van der Waals surface area contributed by atoms with Crippen LogP contribution in [0.5, 0.6) is 0 Å². The van der Waals surface area contributed by atoms with Crippen LogP contribution in [0.3, 0.4) is 0 Å². The van der Waals surface area contributed by atoms with Gasteiger partial charge in [0.25, 0.3) is 0 Å². The topological polar surface area (TPSA) is 67.7 Å². The summed E-state index contributed by atoms with van der Waals surface area (Å²) >= 11 is 6.17. The summed E-state index contributed by atoms with van der Waals surface area (Å²) < 4.78 is 1.82. The lowest BCUT2D eigenvalue weighted by Gasteiger charge is -2.11. The molecule has 0 saturated carbocycles.